The van der Waals surface area contributed by atoms with E-state index in [2.05, 4.69) is 0 Å². The predicted molar refractivity (Wildman–Crippen MR) is 164 cm³/mol. The molecule has 0 atom stereocenters. The summed E-state index contributed by atoms with van der Waals surface area (Å²) in [5.74, 6) is 1.96. The van der Waals surface area contributed by atoms with Crippen LogP contribution in [0.1, 0.15) is 74.6 Å². The number of carbonyl (C=O) groups is 1. The van der Waals surface area contributed by atoms with E-state index in [4.69, 9.17) is 34.0 Å². The lowest BCUT2D eigenvalue weighted by Gasteiger charge is -2.33. The van der Waals surface area contributed by atoms with E-state index in [1.54, 1.807) is 23.3 Å². The number of likely N-dealkylation sites (tertiary alicyclic amines) is 1. The summed E-state index contributed by atoms with van der Waals surface area (Å²) in [6.45, 7) is 8.84. The van der Waals surface area contributed by atoms with Gasteiger partial charge < -0.3 is 23.8 Å². The minimum atomic E-state index is -0.520. The van der Waals surface area contributed by atoms with Crippen molar-refractivity contribution in [3.05, 3.63) is 59.0 Å². The van der Waals surface area contributed by atoms with Crippen LogP contribution < -0.4 is 9.47 Å². The van der Waals surface area contributed by atoms with Crippen LogP contribution in [-0.2, 0) is 16.1 Å². The average molecular weight is 606 g/mol. The zero-order chi connectivity index (χ0) is 30.0. The topological polar surface area (TPSA) is 100 Å². The molecule has 2 saturated heterocycles. The van der Waals surface area contributed by atoms with Crippen molar-refractivity contribution in [2.24, 2.45) is 0 Å². The van der Waals surface area contributed by atoms with Crippen LogP contribution in [0, 0.1) is 0 Å². The van der Waals surface area contributed by atoms with Gasteiger partial charge in [0.15, 0.2) is 5.65 Å². The number of nitrogens with zero attached hydrogens (tertiary/aromatic N) is 5. The third-order valence-corrected chi connectivity index (χ3v) is 9.14. The summed E-state index contributed by atoms with van der Waals surface area (Å²) in [7, 11) is 1.66. The first-order valence-electron chi connectivity index (χ1n) is 14.9. The maximum atomic E-state index is 12.7. The molecule has 0 spiro atoms. The van der Waals surface area contributed by atoms with Crippen molar-refractivity contribution in [3.8, 4) is 22.1 Å². The molecule has 6 rings (SSSR count). The van der Waals surface area contributed by atoms with E-state index in [0.29, 0.717) is 31.5 Å². The van der Waals surface area contributed by atoms with Crippen LogP contribution in [0.4, 0.5) is 4.79 Å². The molecule has 2 aliphatic heterocycles. The molecule has 0 radical (unpaired) electrons. The summed E-state index contributed by atoms with van der Waals surface area (Å²) in [6.07, 6.45) is 7.14. The molecule has 0 aliphatic carbocycles. The van der Waals surface area contributed by atoms with Gasteiger partial charge in [0.05, 0.1) is 34.4 Å². The van der Waals surface area contributed by atoms with Gasteiger partial charge in [-0.05, 0) is 64.2 Å². The van der Waals surface area contributed by atoms with Gasteiger partial charge >= 0.3 is 6.09 Å². The minimum absolute atomic E-state index is 0.180. The van der Waals surface area contributed by atoms with Crippen LogP contribution in [0.2, 0.25) is 0 Å². The highest BCUT2D eigenvalue weighted by molar-refractivity contribution is 7.15. The van der Waals surface area contributed by atoms with E-state index in [1.807, 2.05) is 68.0 Å². The smallest absolute Gasteiger partial charge is 0.410 e. The van der Waals surface area contributed by atoms with E-state index in [0.717, 1.165) is 77.0 Å². The summed E-state index contributed by atoms with van der Waals surface area (Å²) in [5, 5.41) is 5.95. The molecule has 0 N–H and O–H groups in total. The van der Waals surface area contributed by atoms with Gasteiger partial charge in [0.25, 0.3) is 0 Å². The number of benzene rings is 1. The fraction of sp³-hybridized carbons (Fsp3) is 0.500. The molecule has 2 aliphatic rings. The molecule has 1 amide bonds. The Bertz CT molecular complexity index is 1550. The van der Waals surface area contributed by atoms with E-state index in [1.165, 1.54) is 0 Å². The summed E-state index contributed by atoms with van der Waals surface area (Å²) in [4.78, 5) is 25.3. The number of rotatable bonds is 7. The molecular formula is C32H39N5O5S. The Balaban J connectivity index is 1.28. The van der Waals surface area contributed by atoms with E-state index in [9.17, 15) is 4.79 Å². The highest BCUT2D eigenvalue weighted by Gasteiger charge is 2.30. The van der Waals surface area contributed by atoms with Crippen LogP contribution in [0.15, 0.2) is 42.7 Å². The van der Waals surface area contributed by atoms with Gasteiger partial charge in [-0.3, -0.25) is 0 Å². The van der Waals surface area contributed by atoms with Crippen molar-refractivity contribution >= 4 is 23.1 Å². The number of thiazole rings is 1. The lowest BCUT2D eigenvalue weighted by Crippen LogP contribution is -2.41. The van der Waals surface area contributed by atoms with Gasteiger partial charge in [-0.25, -0.2) is 14.3 Å². The lowest BCUT2D eigenvalue weighted by atomic mass is 9.93. The molecule has 2 fully saturated rings. The molecule has 11 heteroatoms. The first-order chi connectivity index (χ1) is 20.8. The average Bonchev–Trinajstić information content (AvgIpc) is 3.67. The van der Waals surface area contributed by atoms with E-state index < -0.39 is 5.60 Å². The highest BCUT2D eigenvalue weighted by atomic mass is 32.1. The standard InChI is InChI=1S/C32H39N5O5S/c1-32(2,3)42-31(38)36-13-9-22(10-14-36)26-17-28(41-20-21-5-7-24(39-4)8-6-21)35-29-25(18-34-37(26)29)27-19-33-30(43-27)23-11-15-40-16-12-23/h5-8,17-19,22-23H,9-16,20H2,1-4H3. The van der Waals surface area contributed by atoms with E-state index >= 15 is 0 Å². The fourth-order valence-electron chi connectivity index (χ4n) is 5.61. The van der Waals surface area contributed by atoms with Crippen molar-refractivity contribution in [1.29, 1.82) is 0 Å². The van der Waals surface area contributed by atoms with Crippen molar-refractivity contribution in [3.63, 3.8) is 0 Å². The number of piperidine rings is 1. The van der Waals surface area contributed by atoms with Gasteiger partial charge in [-0.1, -0.05) is 12.1 Å². The Morgan fingerprint density at radius 2 is 1.79 bits per heavy atom. The molecule has 228 valence electrons. The highest BCUT2D eigenvalue weighted by Crippen LogP contribution is 2.38. The molecule has 43 heavy (non-hydrogen) atoms. The maximum Gasteiger partial charge on any atom is 0.410 e. The number of hydrogen-bond acceptors (Lipinski definition) is 9. The van der Waals surface area contributed by atoms with Gasteiger partial charge in [0.2, 0.25) is 5.88 Å². The zero-order valence-corrected chi connectivity index (χ0v) is 26.1. The van der Waals surface area contributed by atoms with Crippen molar-refractivity contribution in [2.45, 2.75) is 70.5 Å². The van der Waals surface area contributed by atoms with Crippen molar-refractivity contribution in [2.75, 3.05) is 33.4 Å². The molecular weight excluding hydrogens is 566 g/mol. The Morgan fingerprint density at radius 1 is 1.05 bits per heavy atom. The van der Waals surface area contributed by atoms with Crippen LogP contribution in [0.5, 0.6) is 11.6 Å². The van der Waals surface area contributed by atoms with Crippen molar-refractivity contribution in [1.82, 2.24) is 24.5 Å². The quantitative estimate of drug-likeness (QED) is 0.237. The molecule has 1 aromatic carbocycles. The SMILES string of the molecule is COc1ccc(COc2cc(C3CCN(C(=O)OC(C)(C)C)CC3)n3ncc(-c4cnc(C5CCOCC5)s4)c3n2)cc1. The Hall–Kier alpha value is -3.70. The van der Waals surface area contributed by atoms with Gasteiger partial charge in [-0.15, -0.1) is 11.3 Å². The number of fused-ring (bicyclic) bond motifs is 1. The first kappa shape index (κ1) is 29.4. The minimum Gasteiger partial charge on any atom is -0.497 e. The Kier molecular flexibility index (Phi) is 8.54. The van der Waals surface area contributed by atoms with Gasteiger partial charge in [0, 0.05) is 50.4 Å². The number of carbonyl (C=O) groups excluding carboxylic acids is 1. The summed E-state index contributed by atoms with van der Waals surface area (Å²) in [5.41, 5.74) is 3.22. The molecule has 0 bridgehead atoms. The molecule has 10 nitrogen and oxygen atoms in total. The second-order valence-electron chi connectivity index (χ2n) is 12.1. The number of hydrogen-bond donors (Lipinski definition) is 0. The van der Waals surface area contributed by atoms with Crippen LogP contribution >= 0.6 is 11.3 Å². The molecule has 3 aromatic heterocycles. The second-order valence-corrected chi connectivity index (χ2v) is 13.2. The molecule has 0 unspecified atom stereocenters. The normalized spacial score (nSPS) is 16.9. The van der Waals surface area contributed by atoms with Crippen LogP contribution in [0.25, 0.3) is 16.1 Å². The second kappa shape index (κ2) is 12.5. The molecule has 4 aromatic rings. The Morgan fingerprint density at radius 3 is 2.49 bits per heavy atom. The van der Waals surface area contributed by atoms with Crippen LogP contribution in [-0.4, -0.2) is 69.6 Å². The Labute approximate surface area is 255 Å². The summed E-state index contributed by atoms with van der Waals surface area (Å²) >= 11 is 1.71. The third kappa shape index (κ3) is 6.78. The molecule has 5 heterocycles. The number of amides is 1. The summed E-state index contributed by atoms with van der Waals surface area (Å²) in [6, 6.07) is 9.83. The predicted octanol–water partition coefficient (Wildman–Crippen LogP) is 6.45. The fourth-order valence-corrected chi connectivity index (χ4v) is 6.70. The van der Waals surface area contributed by atoms with Gasteiger partial charge in [0.1, 0.15) is 18.0 Å². The van der Waals surface area contributed by atoms with Crippen molar-refractivity contribution < 1.29 is 23.7 Å². The number of methoxy groups -OCH3 is 1. The van der Waals surface area contributed by atoms with Crippen LogP contribution in [0.3, 0.4) is 0 Å². The third-order valence-electron chi connectivity index (χ3n) is 7.95. The zero-order valence-electron chi connectivity index (χ0n) is 25.2. The molecule has 0 saturated carbocycles. The largest absolute Gasteiger partial charge is 0.497 e. The lowest BCUT2D eigenvalue weighted by molar-refractivity contribution is 0.0203. The van der Waals surface area contributed by atoms with Gasteiger partial charge in [-0.2, -0.15) is 10.1 Å². The van der Waals surface area contributed by atoms with E-state index in [-0.39, 0.29) is 12.0 Å². The maximum absolute atomic E-state index is 12.7. The number of ether oxygens (including phenoxy) is 4. The monoisotopic (exact) mass is 605 g/mol. The first-order valence-corrected chi connectivity index (χ1v) is 15.8. The number of aromatic nitrogens is 4. The summed E-state index contributed by atoms with van der Waals surface area (Å²) < 4.78 is 24.7.